The summed E-state index contributed by atoms with van der Waals surface area (Å²) in [6.45, 7) is 3.88. The van der Waals surface area contributed by atoms with Crippen molar-refractivity contribution >= 4 is 27.3 Å². The number of benzene rings is 1. The summed E-state index contributed by atoms with van der Waals surface area (Å²) < 4.78 is 1.13. The first-order chi connectivity index (χ1) is 8.13. The summed E-state index contributed by atoms with van der Waals surface area (Å²) >= 11 is 5.20. The van der Waals surface area contributed by atoms with Gasteiger partial charge in [-0.05, 0) is 31.7 Å². The summed E-state index contributed by atoms with van der Waals surface area (Å²) in [6, 6.07) is 8.42. The third-order valence-corrected chi connectivity index (χ3v) is 3.76. The van der Waals surface area contributed by atoms with Crippen molar-refractivity contribution in [3.63, 3.8) is 0 Å². The predicted molar refractivity (Wildman–Crippen MR) is 76.2 cm³/mol. The summed E-state index contributed by atoms with van der Waals surface area (Å²) in [5.41, 5.74) is 2.47. The van der Waals surface area contributed by atoms with E-state index in [2.05, 4.69) is 56.4 Å². The zero-order valence-electron chi connectivity index (χ0n) is 9.98. The van der Waals surface area contributed by atoms with E-state index in [0.717, 1.165) is 28.3 Å². The Hall–Kier alpha value is -0.710. The highest BCUT2D eigenvalue weighted by Crippen LogP contribution is 2.15. The van der Waals surface area contributed by atoms with Crippen molar-refractivity contribution in [2.75, 3.05) is 7.05 Å². The Morgan fingerprint density at radius 2 is 2.18 bits per heavy atom. The van der Waals surface area contributed by atoms with E-state index in [9.17, 15) is 0 Å². The Labute approximate surface area is 114 Å². The van der Waals surface area contributed by atoms with Crippen molar-refractivity contribution < 1.29 is 0 Å². The van der Waals surface area contributed by atoms with Gasteiger partial charge in [-0.15, -0.1) is 11.3 Å². The molecule has 2 nitrogen and oxygen atoms in total. The lowest BCUT2D eigenvalue weighted by Gasteiger charge is -2.15. The molecule has 0 N–H and O–H groups in total. The second-order valence-corrected chi connectivity index (χ2v) is 6.14. The quantitative estimate of drug-likeness (QED) is 0.853. The lowest BCUT2D eigenvalue weighted by molar-refractivity contribution is 0.315. The summed E-state index contributed by atoms with van der Waals surface area (Å²) in [6.07, 6.45) is 0. The molecule has 2 aromatic rings. The molecule has 1 aromatic heterocycles. The molecule has 0 bridgehead atoms. The Kier molecular flexibility index (Phi) is 4.31. The molecule has 0 radical (unpaired) electrons. The van der Waals surface area contributed by atoms with E-state index in [4.69, 9.17) is 0 Å². The third-order valence-electron chi connectivity index (χ3n) is 2.44. The molecule has 0 spiro atoms. The highest BCUT2D eigenvalue weighted by atomic mass is 79.9. The average molecular weight is 311 g/mol. The van der Waals surface area contributed by atoms with Gasteiger partial charge < -0.3 is 0 Å². The van der Waals surface area contributed by atoms with Gasteiger partial charge in [0.15, 0.2) is 0 Å². The molecular formula is C13H15BrN2S. The monoisotopic (exact) mass is 310 g/mol. The topological polar surface area (TPSA) is 16.1 Å². The van der Waals surface area contributed by atoms with Crippen LogP contribution in [-0.4, -0.2) is 16.9 Å². The van der Waals surface area contributed by atoms with Crippen LogP contribution in [0, 0.1) is 6.92 Å². The van der Waals surface area contributed by atoms with Gasteiger partial charge in [-0.2, -0.15) is 0 Å². The van der Waals surface area contributed by atoms with Crippen LogP contribution in [-0.2, 0) is 13.1 Å². The van der Waals surface area contributed by atoms with Crippen molar-refractivity contribution in [1.29, 1.82) is 0 Å². The number of rotatable bonds is 4. The summed E-state index contributed by atoms with van der Waals surface area (Å²) in [5.74, 6) is 0. The number of aryl methyl sites for hydroxylation is 1. The van der Waals surface area contributed by atoms with Crippen LogP contribution >= 0.6 is 27.3 Å². The number of aromatic nitrogens is 1. The molecule has 0 fully saturated rings. The minimum atomic E-state index is 0.900. The van der Waals surface area contributed by atoms with Gasteiger partial charge in [-0.1, -0.05) is 28.1 Å². The van der Waals surface area contributed by atoms with Gasteiger partial charge in [0.05, 0.1) is 10.7 Å². The SMILES string of the molecule is Cc1nc(CN(C)Cc2cccc(Br)c2)cs1. The molecule has 90 valence electrons. The van der Waals surface area contributed by atoms with Crippen LogP contribution in [0.4, 0.5) is 0 Å². The maximum atomic E-state index is 4.48. The van der Waals surface area contributed by atoms with Gasteiger partial charge in [0.1, 0.15) is 0 Å². The van der Waals surface area contributed by atoms with Gasteiger partial charge in [-0.25, -0.2) is 4.98 Å². The predicted octanol–water partition coefficient (Wildman–Crippen LogP) is 3.85. The molecule has 0 saturated heterocycles. The Morgan fingerprint density at radius 1 is 1.35 bits per heavy atom. The fourth-order valence-electron chi connectivity index (χ4n) is 1.76. The number of nitrogens with zero attached hydrogens (tertiary/aromatic N) is 2. The molecule has 4 heteroatoms. The first-order valence-electron chi connectivity index (χ1n) is 5.47. The first kappa shape index (κ1) is 12.7. The van der Waals surface area contributed by atoms with Gasteiger partial charge >= 0.3 is 0 Å². The normalized spacial score (nSPS) is 11.1. The molecule has 1 aromatic carbocycles. The molecule has 17 heavy (non-hydrogen) atoms. The van der Waals surface area contributed by atoms with Crippen LogP contribution in [0.3, 0.4) is 0 Å². The number of hydrogen-bond acceptors (Lipinski definition) is 3. The van der Waals surface area contributed by atoms with Gasteiger partial charge in [0.25, 0.3) is 0 Å². The third kappa shape index (κ3) is 3.91. The lowest BCUT2D eigenvalue weighted by atomic mass is 10.2. The van der Waals surface area contributed by atoms with Crippen LogP contribution in [0.5, 0.6) is 0 Å². The fourth-order valence-corrected chi connectivity index (χ4v) is 2.81. The van der Waals surface area contributed by atoms with Gasteiger partial charge in [0.2, 0.25) is 0 Å². The fraction of sp³-hybridized carbons (Fsp3) is 0.308. The molecule has 0 aliphatic carbocycles. The van der Waals surface area contributed by atoms with Crippen molar-refractivity contribution in [3.8, 4) is 0 Å². The number of hydrogen-bond donors (Lipinski definition) is 0. The maximum Gasteiger partial charge on any atom is 0.0897 e. The van der Waals surface area contributed by atoms with Crippen LogP contribution in [0.15, 0.2) is 34.1 Å². The highest BCUT2D eigenvalue weighted by molar-refractivity contribution is 9.10. The average Bonchev–Trinajstić information content (AvgIpc) is 2.63. The summed E-state index contributed by atoms with van der Waals surface area (Å²) in [7, 11) is 2.12. The number of halogens is 1. The van der Waals surface area contributed by atoms with E-state index in [1.807, 2.05) is 13.0 Å². The molecule has 2 rings (SSSR count). The maximum absolute atomic E-state index is 4.48. The minimum absolute atomic E-state index is 0.900. The molecular weight excluding hydrogens is 296 g/mol. The van der Waals surface area contributed by atoms with Crippen LogP contribution in [0.1, 0.15) is 16.3 Å². The standard InChI is InChI=1S/C13H15BrN2S/c1-10-15-13(9-17-10)8-16(2)7-11-4-3-5-12(14)6-11/h3-6,9H,7-8H2,1-2H3. The van der Waals surface area contributed by atoms with E-state index in [1.165, 1.54) is 5.56 Å². The van der Waals surface area contributed by atoms with Crippen molar-refractivity contribution in [1.82, 2.24) is 9.88 Å². The first-order valence-corrected chi connectivity index (χ1v) is 7.15. The largest absolute Gasteiger partial charge is 0.296 e. The molecule has 1 heterocycles. The molecule has 0 unspecified atom stereocenters. The van der Waals surface area contributed by atoms with E-state index < -0.39 is 0 Å². The van der Waals surface area contributed by atoms with Crippen LogP contribution in [0.25, 0.3) is 0 Å². The lowest BCUT2D eigenvalue weighted by Crippen LogP contribution is -2.17. The molecule has 0 aliphatic rings. The zero-order valence-corrected chi connectivity index (χ0v) is 12.4. The Morgan fingerprint density at radius 3 is 2.82 bits per heavy atom. The van der Waals surface area contributed by atoms with Crippen molar-refractivity contribution in [2.24, 2.45) is 0 Å². The molecule has 0 aliphatic heterocycles. The molecule has 0 atom stereocenters. The zero-order chi connectivity index (χ0) is 12.3. The Bertz CT molecular complexity index is 496. The smallest absolute Gasteiger partial charge is 0.0897 e. The van der Waals surface area contributed by atoms with Crippen molar-refractivity contribution in [2.45, 2.75) is 20.0 Å². The molecule has 0 amide bonds. The minimum Gasteiger partial charge on any atom is -0.296 e. The van der Waals surface area contributed by atoms with Gasteiger partial charge in [-0.3, -0.25) is 4.90 Å². The highest BCUT2D eigenvalue weighted by Gasteiger charge is 2.04. The van der Waals surface area contributed by atoms with Gasteiger partial charge in [0, 0.05) is 22.9 Å². The summed E-state index contributed by atoms with van der Waals surface area (Å²) in [4.78, 5) is 6.75. The van der Waals surface area contributed by atoms with E-state index in [1.54, 1.807) is 11.3 Å². The second-order valence-electron chi connectivity index (χ2n) is 4.16. The number of thiazole rings is 1. The van der Waals surface area contributed by atoms with E-state index in [0.29, 0.717) is 0 Å². The second kappa shape index (κ2) is 5.76. The van der Waals surface area contributed by atoms with Crippen molar-refractivity contribution in [3.05, 3.63) is 50.4 Å². The summed E-state index contributed by atoms with van der Waals surface area (Å²) in [5, 5.41) is 3.27. The van der Waals surface area contributed by atoms with Crippen LogP contribution in [0.2, 0.25) is 0 Å². The van der Waals surface area contributed by atoms with E-state index >= 15 is 0 Å². The molecule has 0 saturated carbocycles. The van der Waals surface area contributed by atoms with Crippen LogP contribution < -0.4 is 0 Å². The Balaban J connectivity index is 1.95. The van der Waals surface area contributed by atoms with E-state index in [-0.39, 0.29) is 0 Å².